The van der Waals surface area contributed by atoms with Gasteiger partial charge in [0.2, 0.25) is 0 Å². The van der Waals surface area contributed by atoms with Crippen LogP contribution in [0.2, 0.25) is 0 Å². The van der Waals surface area contributed by atoms with E-state index in [4.69, 9.17) is 4.98 Å². The van der Waals surface area contributed by atoms with Gasteiger partial charge in [-0.3, -0.25) is 14.8 Å². The number of benzene rings is 2. The molecule has 0 bridgehead atoms. The van der Waals surface area contributed by atoms with Crippen LogP contribution in [0, 0.1) is 6.92 Å². The molecule has 0 unspecified atom stereocenters. The van der Waals surface area contributed by atoms with E-state index in [0.29, 0.717) is 18.7 Å². The molecular formula is C28H25N5OS. The molecule has 0 aliphatic rings. The van der Waals surface area contributed by atoms with Crippen LogP contribution in [0.3, 0.4) is 0 Å². The first-order valence-corrected chi connectivity index (χ1v) is 12.4. The number of amides is 1. The number of thioether (sulfide) groups is 1. The maximum atomic E-state index is 12.6. The molecule has 6 nitrogen and oxygen atoms in total. The zero-order chi connectivity index (χ0) is 24.0. The van der Waals surface area contributed by atoms with Crippen LogP contribution in [-0.2, 0) is 18.8 Å². The Hall–Kier alpha value is -3.97. The summed E-state index contributed by atoms with van der Waals surface area (Å²) >= 11 is 1.72. The molecule has 5 aromatic rings. The van der Waals surface area contributed by atoms with E-state index < -0.39 is 0 Å². The number of pyridine rings is 2. The number of hydrogen-bond donors (Lipinski definition) is 1. The second-order valence-electron chi connectivity index (χ2n) is 8.36. The molecule has 0 saturated carbocycles. The fourth-order valence-electron chi connectivity index (χ4n) is 3.89. The van der Waals surface area contributed by atoms with Crippen molar-refractivity contribution in [3.8, 4) is 0 Å². The van der Waals surface area contributed by atoms with E-state index in [2.05, 4.69) is 51.0 Å². The van der Waals surface area contributed by atoms with Crippen molar-refractivity contribution in [2.45, 2.75) is 30.9 Å². The second kappa shape index (κ2) is 10.5. The summed E-state index contributed by atoms with van der Waals surface area (Å²) < 4.78 is 2.19. The van der Waals surface area contributed by atoms with Crippen molar-refractivity contribution in [3.05, 3.63) is 119 Å². The van der Waals surface area contributed by atoms with Gasteiger partial charge in [-0.25, -0.2) is 4.98 Å². The summed E-state index contributed by atoms with van der Waals surface area (Å²) in [7, 11) is 0. The molecule has 1 N–H and O–H groups in total. The van der Waals surface area contributed by atoms with Gasteiger partial charge in [0.1, 0.15) is 0 Å². The monoisotopic (exact) mass is 479 g/mol. The van der Waals surface area contributed by atoms with Crippen molar-refractivity contribution < 1.29 is 4.79 Å². The van der Waals surface area contributed by atoms with E-state index in [1.807, 2.05) is 48.7 Å². The molecule has 0 atom stereocenters. The summed E-state index contributed by atoms with van der Waals surface area (Å²) in [4.78, 5) is 25.8. The molecule has 7 heteroatoms. The smallest absolute Gasteiger partial charge is 0.251 e. The standard InChI is InChI=1S/C28H25N5OS/c1-20-4-2-5-22(14-20)19-35-28-32-25-11-13-30-17-26(25)33(28)18-21-7-9-24(10-8-21)27(34)31-16-23-6-3-12-29-15-23/h2-15,17H,16,18-19H2,1H3,(H,31,34). The van der Waals surface area contributed by atoms with Crippen molar-refractivity contribution in [1.29, 1.82) is 0 Å². The normalized spacial score (nSPS) is 11.0. The minimum atomic E-state index is -0.105. The fourth-order valence-corrected chi connectivity index (χ4v) is 4.85. The van der Waals surface area contributed by atoms with Crippen molar-refractivity contribution in [1.82, 2.24) is 24.8 Å². The van der Waals surface area contributed by atoms with Gasteiger partial charge in [-0.05, 0) is 47.9 Å². The average molecular weight is 480 g/mol. The number of imidazole rings is 1. The van der Waals surface area contributed by atoms with Gasteiger partial charge in [0, 0.05) is 36.5 Å². The number of aryl methyl sites for hydroxylation is 1. The molecule has 174 valence electrons. The molecule has 5 rings (SSSR count). The number of aromatic nitrogens is 4. The molecule has 0 radical (unpaired) electrons. The molecule has 1 amide bonds. The predicted octanol–water partition coefficient (Wildman–Crippen LogP) is 5.41. The lowest BCUT2D eigenvalue weighted by atomic mass is 10.1. The van der Waals surface area contributed by atoms with Crippen molar-refractivity contribution in [2.75, 3.05) is 0 Å². The number of hydrogen-bond acceptors (Lipinski definition) is 5. The third-order valence-corrected chi connectivity index (χ3v) is 6.75. The number of rotatable bonds is 8. The number of carbonyl (C=O) groups excluding carboxylic acids is 1. The first kappa shape index (κ1) is 22.8. The lowest BCUT2D eigenvalue weighted by Gasteiger charge is -2.10. The third kappa shape index (κ3) is 5.58. The van der Waals surface area contributed by atoms with Gasteiger partial charge >= 0.3 is 0 Å². The Morgan fingerprint density at radius 3 is 2.54 bits per heavy atom. The van der Waals surface area contributed by atoms with Crippen LogP contribution in [0.4, 0.5) is 0 Å². The minimum absolute atomic E-state index is 0.105. The van der Waals surface area contributed by atoms with Gasteiger partial charge in [0.25, 0.3) is 5.91 Å². The zero-order valence-electron chi connectivity index (χ0n) is 19.4. The molecule has 0 saturated heterocycles. The second-order valence-corrected chi connectivity index (χ2v) is 9.31. The summed E-state index contributed by atoms with van der Waals surface area (Å²) in [6.45, 7) is 3.21. The summed E-state index contributed by atoms with van der Waals surface area (Å²) in [5.41, 5.74) is 7.14. The van der Waals surface area contributed by atoms with Gasteiger partial charge in [-0.2, -0.15) is 0 Å². The summed E-state index contributed by atoms with van der Waals surface area (Å²) in [5, 5.41) is 3.90. The van der Waals surface area contributed by atoms with Crippen LogP contribution in [0.1, 0.15) is 32.6 Å². The lowest BCUT2D eigenvalue weighted by molar-refractivity contribution is 0.0951. The molecule has 0 fully saturated rings. The van der Waals surface area contributed by atoms with Crippen LogP contribution in [0.5, 0.6) is 0 Å². The topological polar surface area (TPSA) is 72.7 Å². The molecule has 0 aliphatic carbocycles. The predicted molar refractivity (Wildman–Crippen MR) is 139 cm³/mol. The Morgan fingerprint density at radius 1 is 0.914 bits per heavy atom. The highest BCUT2D eigenvalue weighted by Gasteiger charge is 2.13. The van der Waals surface area contributed by atoms with Crippen molar-refractivity contribution in [2.24, 2.45) is 0 Å². The highest BCUT2D eigenvalue weighted by molar-refractivity contribution is 7.98. The number of nitrogens with one attached hydrogen (secondary N) is 1. The van der Waals surface area contributed by atoms with Gasteiger partial charge in [-0.1, -0.05) is 59.8 Å². The van der Waals surface area contributed by atoms with Gasteiger partial charge < -0.3 is 9.88 Å². The molecule has 2 aromatic carbocycles. The zero-order valence-corrected chi connectivity index (χ0v) is 20.2. The largest absolute Gasteiger partial charge is 0.348 e. The van der Waals surface area contributed by atoms with Gasteiger partial charge in [0.05, 0.1) is 23.8 Å². The Kier molecular flexibility index (Phi) is 6.86. The Morgan fingerprint density at radius 2 is 1.74 bits per heavy atom. The Balaban J connectivity index is 1.31. The van der Waals surface area contributed by atoms with Crippen LogP contribution >= 0.6 is 11.8 Å². The molecule has 3 aromatic heterocycles. The highest BCUT2D eigenvalue weighted by Crippen LogP contribution is 2.27. The Labute approximate surface area is 208 Å². The first-order valence-electron chi connectivity index (χ1n) is 11.4. The average Bonchev–Trinajstić information content (AvgIpc) is 3.24. The SMILES string of the molecule is Cc1cccc(CSc2nc3ccncc3n2Cc2ccc(C(=O)NCc3cccnc3)cc2)c1. The van der Waals surface area contributed by atoms with E-state index in [1.165, 1.54) is 11.1 Å². The first-order chi connectivity index (χ1) is 17.2. The molecule has 0 spiro atoms. The van der Waals surface area contributed by atoms with Crippen LogP contribution < -0.4 is 5.32 Å². The maximum Gasteiger partial charge on any atom is 0.251 e. The summed E-state index contributed by atoms with van der Waals surface area (Å²) in [6, 6.07) is 22.0. The van der Waals surface area contributed by atoms with Crippen LogP contribution in [0.25, 0.3) is 11.0 Å². The molecular weight excluding hydrogens is 454 g/mol. The van der Waals surface area contributed by atoms with Crippen molar-refractivity contribution in [3.63, 3.8) is 0 Å². The van der Waals surface area contributed by atoms with Crippen LogP contribution in [-0.4, -0.2) is 25.4 Å². The van der Waals surface area contributed by atoms with E-state index in [9.17, 15) is 4.79 Å². The minimum Gasteiger partial charge on any atom is -0.348 e. The lowest BCUT2D eigenvalue weighted by Crippen LogP contribution is -2.22. The summed E-state index contributed by atoms with van der Waals surface area (Å²) in [6.07, 6.45) is 7.10. The molecule has 35 heavy (non-hydrogen) atoms. The quantitative estimate of drug-likeness (QED) is 0.302. The van der Waals surface area contributed by atoms with E-state index in [0.717, 1.165) is 33.1 Å². The number of nitrogens with zero attached hydrogens (tertiary/aromatic N) is 4. The highest BCUT2D eigenvalue weighted by atomic mass is 32.2. The van der Waals surface area contributed by atoms with E-state index in [-0.39, 0.29) is 5.91 Å². The summed E-state index contributed by atoms with van der Waals surface area (Å²) in [5.74, 6) is 0.737. The molecule has 3 heterocycles. The van der Waals surface area contributed by atoms with Crippen molar-refractivity contribution >= 4 is 28.7 Å². The fraction of sp³-hybridized carbons (Fsp3) is 0.143. The van der Waals surface area contributed by atoms with Crippen LogP contribution in [0.15, 0.2) is 96.7 Å². The van der Waals surface area contributed by atoms with Gasteiger partial charge in [-0.15, -0.1) is 0 Å². The number of fused-ring (bicyclic) bond motifs is 1. The molecule has 0 aliphatic heterocycles. The maximum absolute atomic E-state index is 12.6. The van der Waals surface area contributed by atoms with E-state index in [1.54, 1.807) is 30.4 Å². The van der Waals surface area contributed by atoms with E-state index >= 15 is 0 Å². The number of carbonyl (C=O) groups is 1. The van der Waals surface area contributed by atoms with Gasteiger partial charge in [0.15, 0.2) is 5.16 Å². The Bertz CT molecular complexity index is 1450. The third-order valence-electron chi connectivity index (χ3n) is 5.70.